The van der Waals surface area contributed by atoms with Gasteiger partial charge in [0.15, 0.2) is 0 Å². The lowest BCUT2D eigenvalue weighted by atomic mass is 10.2. The van der Waals surface area contributed by atoms with Gasteiger partial charge >= 0.3 is 0 Å². The van der Waals surface area contributed by atoms with Crippen LogP contribution in [-0.4, -0.2) is 35.8 Å². The molecule has 0 spiro atoms. The first-order valence-corrected chi connectivity index (χ1v) is 5.92. The van der Waals surface area contributed by atoms with E-state index in [9.17, 15) is 0 Å². The van der Waals surface area contributed by atoms with Crippen molar-refractivity contribution < 1.29 is 5.11 Å². The lowest BCUT2D eigenvalue weighted by Crippen LogP contribution is -2.32. The second-order valence-corrected chi connectivity index (χ2v) is 4.19. The molecule has 74 valence electrons. The second-order valence-electron chi connectivity index (χ2n) is 2.79. The van der Waals surface area contributed by atoms with E-state index in [-0.39, 0.29) is 6.61 Å². The Morgan fingerprint density at radius 2 is 2.17 bits per heavy atom. The fraction of sp³-hybridized carbons (Fsp3) is 1.00. The maximum atomic E-state index is 8.86. The van der Waals surface area contributed by atoms with Crippen molar-refractivity contribution in [2.75, 3.05) is 24.7 Å². The number of rotatable bonds is 8. The zero-order chi connectivity index (χ0) is 9.23. The largest absolute Gasteiger partial charge is 0.395 e. The lowest BCUT2D eigenvalue weighted by molar-refractivity contribution is 0.239. The number of thioether (sulfide) groups is 1. The maximum absolute atomic E-state index is 8.86. The van der Waals surface area contributed by atoms with E-state index in [4.69, 9.17) is 5.11 Å². The van der Waals surface area contributed by atoms with Crippen LogP contribution in [0.1, 0.15) is 26.7 Å². The Balaban J connectivity index is 3.06. The average Bonchev–Trinajstić information content (AvgIpc) is 2.11. The van der Waals surface area contributed by atoms with Gasteiger partial charge in [-0.3, -0.25) is 0 Å². The SMILES string of the molecule is CCSCCCN[C@H](CC)CO. The van der Waals surface area contributed by atoms with E-state index in [1.54, 1.807) is 0 Å². The molecule has 0 aliphatic rings. The molecule has 0 bridgehead atoms. The molecule has 0 fully saturated rings. The van der Waals surface area contributed by atoms with Gasteiger partial charge in [-0.05, 0) is 30.9 Å². The number of hydrogen-bond acceptors (Lipinski definition) is 3. The van der Waals surface area contributed by atoms with Crippen molar-refractivity contribution in [3.05, 3.63) is 0 Å². The summed E-state index contributed by atoms with van der Waals surface area (Å²) < 4.78 is 0. The van der Waals surface area contributed by atoms with Gasteiger partial charge in [0.2, 0.25) is 0 Å². The van der Waals surface area contributed by atoms with Gasteiger partial charge in [-0.2, -0.15) is 11.8 Å². The Hall–Kier alpha value is 0.270. The third-order valence-corrected chi connectivity index (χ3v) is 2.80. The Morgan fingerprint density at radius 1 is 1.42 bits per heavy atom. The predicted molar refractivity (Wildman–Crippen MR) is 56.8 cm³/mol. The lowest BCUT2D eigenvalue weighted by Gasteiger charge is -2.13. The summed E-state index contributed by atoms with van der Waals surface area (Å²) in [5.41, 5.74) is 0. The van der Waals surface area contributed by atoms with Crippen molar-refractivity contribution in [1.82, 2.24) is 5.32 Å². The van der Waals surface area contributed by atoms with Gasteiger partial charge in [0.25, 0.3) is 0 Å². The summed E-state index contributed by atoms with van der Waals surface area (Å²) in [5, 5.41) is 12.2. The summed E-state index contributed by atoms with van der Waals surface area (Å²) >= 11 is 1.97. The van der Waals surface area contributed by atoms with Crippen LogP contribution in [-0.2, 0) is 0 Å². The molecule has 0 aromatic heterocycles. The molecule has 0 saturated carbocycles. The zero-order valence-electron chi connectivity index (χ0n) is 8.18. The third kappa shape index (κ3) is 6.95. The molecule has 0 aromatic carbocycles. The van der Waals surface area contributed by atoms with Gasteiger partial charge in [-0.1, -0.05) is 13.8 Å². The van der Waals surface area contributed by atoms with Gasteiger partial charge < -0.3 is 10.4 Å². The van der Waals surface area contributed by atoms with Crippen molar-refractivity contribution >= 4 is 11.8 Å². The number of nitrogens with one attached hydrogen (secondary N) is 1. The molecule has 3 heteroatoms. The molecule has 2 nitrogen and oxygen atoms in total. The fourth-order valence-electron chi connectivity index (χ4n) is 0.963. The molecule has 0 rings (SSSR count). The van der Waals surface area contributed by atoms with E-state index < -0.39 is 0 Å². The fourth-order valence-corrected chi connectivity index (χ4v) is 1.60. The summed E-state index contributed by atoms with van der Waals surface area (Å²) in [6.45, 7) is 5.57. The monoisotopic (exact) mass is 191 g/mol. The van der Waals surface area contributed by atoms with Crippen LogP contribution in [0.15, 0.2) is 0 Å². The summed E-state index contributed by atoms with van der Waals surface area (Å²) in [4.78, 5) is 0. The minimum atomic E-state index is 0.261. The Labute approximate surface area is 80.1 Å². The molecule has 0 heterocycles. The second kappa shape index (κ2) is 9.36. The Kier molecular flexibility index (Phi) is 9.57. The van der Waals surface area contributed by atoms with Gasteiger partial charge in [-0.25, -0.2) is 0 Å². The first kappa shape index (κ1) is 12.3. The molecule has 0 unspecified atom stereocenters. The molecular formula is C9H21NOS. The number of hydrogen-bond donors (Lipinski definition) is 2. The normalized spacial score (nSPS) is 13.2. The quantitative estimate of drug-likeness (QED) is 0.570. The molecule has 0 aliphatic carbocycles. The summed E-state index contributed by atoms with van der Waals surface area (Å²) in [6, 6.07) is 0.302. The highest BCUT2D eigenvalue weighted by molar-refractivity contribution is 7.99. The van der Waals surface area contributed by atoms with Crippen molar-refractivity contribution in [2.45, 2.75) is 32.7 Å². The maximum Gasteiger partial charge on any atom is 0.0584 e. The highest BCUT2D eigenvalue weighted by atomic mass is 32.2. The van der Waals surface area contributed by atoms with Gasteiger partial charge in [0.1, 0.15) is 0 Å². The standard InChI is InChI=1S/C9H21NOS/c1-3-9(8-11)10-6-5-7-12-4-2/h9-11H,3-8H2,1-2H3/t9-/m1/s1. The number of aliphatic hydroxyl groups excluding tert-OH is 1. The van der Waals surface area contributed by atoms with Gasteiger partial charge in [0.05, 0.1) is 6.61 Å². The average molecular weight is 191 g/mol. The van der Waals surface area contributed by atoms with E-state index in [0.29, 0.717) is 6.04 Å². The van der Waals surface area contributed by atoms with Crippen LogP contribution in [0, 0.1) is 0 Å². The van der Waals surface area contributed by atoms with Crippen molar-refractivity contribution in [1.29, 1.82) is 0 Å². The highest BCUT2D eigenvalue weighted by Crippen LogP contribution is 2.00. The van der Waals surface area contributed by atoms with Crippen LogP contribution in [0.5, 0.6) is 0 Å². The smallest absolute Gasteiger partial charge is 0.0584 e. The minimum absolute atomic E-state index is 0.261. The topological polar surface area (TPSA) is 32.3 Å². The molecule has 1 atom stereocenters. The van der Waals surface area contributed by atoms with Gasteiger partial charge in [0, 0.05) is 6.04 Å². The van der Waals surface area contributed by atoms with E-state index in [0.717, 1.165) is 13.0 Å². The van der Waals surface area contributed by atoms with Crippen LogP contribution >= 0.6 is 11.8 Å². The first-order chi connectivity index (χ1) is 5.85. The molecule has 0 amide bonds. The van der Waals surface area contributed by atoms with Crippen LogP contribution in [0.4, 0.5) is 0 Å². The molecule has 2 N–H and O–H groups in total. The molecule has 12 heavy (non-hydrogen) atoms. The van der Waals surface area contributed by atoms with E-state index in [1.165, 1.54) is 17.9 Å². The van der Waals surface area contributed by atoms with Crippen LogP contribution in [0.2, 0.25) is 0 Å². The van der Waals surface area contributed by atoms with E-state index in [2.05, 4.69) is 19.2 Å². The van der Waals surface area contributed by atoms with Crippen molar-refractivity contribution in [3.8, 4) is 0 Å². The van der Waals surface area contributed by atoms with Crippen LogP contribution in [0.3, 0.4) is 0 Å². The van der Waals surface area contributed by atoms with E-state index >= 15 is 0 Å². The molecule has 0 aliphatic heterocycles. The third-order valence-electron chi connectivity index (χ3n) is 1.82. The number of aliphatic hydroxyl groups is 1. The molecular weight excluding hydrogens is 170 g/mol. The molecule has 0 radical (unpaired) electrons. The van der Waals surface area contributed by atoms with Crippen LogP contribution in [0.25, 0.3) is 0 Å². The summed E-state index contributed by atoms with van der Waals surface area (Å²) in [6.07, 6.45) is 2.21. The first-order valence-electron chi connectivity index (χ1n) is 4.77. The summed E-state index contributed by atoms with van der Waals surface area (Å²) in [7, 11) is 0. The Bertz CT molecular complexity index is 86.6. The van der Waals surface area contributed by atoms with Gasteiger partial charge in [-0.15, -0.1) is 0 Å². The van der Waals surface area contributed by atoms with E-state index in [1.807, 2.05) is 11.8 Å². The van der Waals surface area contributed by atoms with Crippen LogP contribution < -0.4 is 5.32 Å². The molecule has 0 aromatic rings. The predicted octanol–water partition coefficient (Wildman–Crippen LogP) is 1.49. The molecule has 0 saturated heterocycles. The van der Waals surface area contributed by atoms with Crippen molar-refractivity contribution in [2.24, 2.45) is 0 Å². The minimum Gasteiger partial charge on any atom is -0.395 e. The highest BCUT2D eigenvalue weighted by Gasteiger charge is 2.01. The summed E-state index contributed by atoms with van der Waals surface area (Å²) in [5.74, 6) is 2.43. The Morgan fingerprint density at radius 3 is 2.67 bits per heavy atom. The zero-order valence-corrected chi connectivity index (χ0v) is 8.99. The van der Waals surface area contributed by atoms with Crippen molar-refractivity contribution in [3.63, 3.8) is 0 Å².